The largest absolute Gasteiger partial charge is 0.482 e. The summed E-state index contributed by atoms with van der Waals surface area (Å²) in [7, 11) is 0. The summed E-state index contributed by atoms with van der Waals surface area (Å²) in [4.78, 5) is 16.2. The normalized spacial score (nSPS) is 18.6. The van der Waals surface area contributed by atoms with Crippen molar-refractivity contribution in [3.63, 3.8) is 0 Å². The van der Waals surface area contributed by atoms with E-state index in [1.807, 2.05) is 17.5 Å². The van der Waals surface area contributed by atoms with Crippen molar-refractivity contribution in [2.75, 3.05) is 0 Å². The molecule has 0 fully saturated rings. The predicted octanol–water partition coefficient (Wildman–Crippen LogP) is 3.61. The Morgan fingerprint density at radius 1 is 1.47 bits per heavy atom. The minimum absolute atomic E-state index is 0.104. The number of halogens is 1. The summed E-state index contributed by atoms with van der Waals surface area (Å²) in [6.45, 7) is 0. The standard InChI is InChI=1S/C12H8BrNO2S/c13-7-1-2-10-8(5-7)9(15)6-11(16-10)12-14-3-4-17-12/h1-5,11H,6H2. The Bertz CT molecular complexity index is 568. The van der Waals surface area contributed by atoms with Gasteiger partial charge in [0.1, 0.15) is 10.8 Å². The molecule has 0 spiro atoms. The van der Waals surface area contributed by atoms with E-state index in [-0.39, 0.29) is 11.9 Å². The number of hydrogen-bond donors (Lipinski definition) is 0. The van der Waals surface area contributed by atoms with Crippen LogP contribution in [0.3, 0.4) is 0 Å². The van der Waals surface area contributed by atoms with Gasteiger partial charge in [-0.25, -0.2) is 4.98 Å². The Labute approximate surface area is 111 Å². The molecule has 1 aromatic carbocycles. The van der Waals surface area contributed by atoms with Crippen LogP contribution in [0.15, 0.2) is 34.2 Å². The van der Waals surface area contributed by atoms with Gasteiger partial charge in [0.15, 0.2) is 11.9 Å². The second-order valence-corrected chi connectivity index (χ2v) is 5.59. The number of benzene rings is 1. The molecule has 0 amide bonds. The predicted molar refractivity (Wildman–Crippen MR) is 68.6 cm³/mol. The topological polar surface area (TPSA) is 39.2 Å². The summed E-state index contributed by atoms with van der Waals surface area (Å²) >= 11 is 4.87. The Morgan fingerprint density at radius 2 is 2.35 bits per heavy atom. The molecule has 5 heteroatoms. The van der Waals surface area contributed by atoms with Gasteiger partial charge >= 0.3 is 0 Å². The Kier molecular flexibility index (Phi) is 2.72. The van der Waals surface area contributed by atoms with E-state index in [4.69, 9.17) is 4.74 Å². The van der Waals surface area contributed by atoms with Gasteiger partial charge in [0, 0.05) is 16.0 Å². The van der Waals surface area contributed by atoms with Crippen LogP contribution >= 0.6 is 27.3 Å². The lowest BCUT2D eigenvalue weighted by molar-refractivity contribution is 0.0849. The molecule has 0 radical (unpaired) electrons. The molecular formula is C12H8BrNO2S. The summed E-state index contributed by atoms with van der Waals surface area (Å²) in [5.74, 6) is 0.748. The highest BCUT2D eigenvalue weighted by Crippen LogP contribution is 2.36. The minimum atomic E-state index is -0.240. The van der Waals surface area contributed by atoms with Crippen LogP contribution in [0.5, 0.6) is 5.75 Å². The molecular weight excluding hydrogens is 302 g/mol. The lowest BCUT2D eigenvalue weighted by Crippen LogP contribution is -2.20. The molecule has 0 saturated carbocycles. The highest BCUT2D eigenvalue weighted by atomic mass is 79.9. The Hall–Kier alpha value is -1.20. The van der Waals surface area contributed by atoms with Gasteiger partial charge in [0.25, 0.3) is 0 Å². The number of nitrogens with zero attached hydrogens (tertiary/aromatic N) is 1. The second kappa shape index (κ2) is 4.23. The van der Waals surface area contributed by atoms with Gasteiger partial charge in [-0.1, -0.05) is 15.9 Å². The second-order valence-electron chi connectivity index (χ2n) is 3.74. The van der Waals surface area contributed by atoms with E-state index >= 15 is 0 Å². The van der Waals surface area contributed by atoms with E-state index in [0.29, 0.717) is 17.7 Å². The van der Waals surface area contributed by atoms with E-state index < -0.39 is 0 Å². The summed E-state index contributed by atoms with van der Waals surface area (Å²) in [5.41, 5.74) is 0.646. The molecule has 2 aromatic rings. The Morgan fingerprint density at radius 3 is 3.12 bits per heavy atom. The first-order valence-corrected chi connectivity index (χ1v) is 6.80. The molecule has 3 rings (SSSR count). The van der Waals surface area contributed by atoms with E-state index in [1.54, 1.807) is 12.3 Å². The maximum Gasteiger partial charge on any atom is 0.170 e. The lowest BCUT2D eigenvalue weighted by Gasteiger charge is -2.23. The SMILES string of the molecule is O=C1CC(c2nccs2)Oc2ccc(Br)cc21. The van der Waals surface area contributed by atoms with Crippen LogP contribution in [0.2, 0.25) is 0 Å². The summed E-state index contributed by atoms with van der Waals surface area (Å²) in [5, 5.41) is 2.74. The van der Waals surface area contributed by atoms with Gasteiger partial charge in [-0.3, -0.25) is 4.79 Å². The minimum Gasteiger partial charge on any atom is -0.482 e. The Balaban J connectivity index is 1.99. The van der Waals surface area contributed by atoms with Crippen LogP contribution in [-0.4, -0.2) is 10.8 Å². The zero-order chi connectivity index (χ0) is 11.8. The molecule has 1 unspecified atom stereocenters. The molecule has 17 heavy (non-hydrogen) atoms. The summed E-state index contributed by atoms with van der Waals surface area (Å²) in [6, 6.07) is 5.49. The molecule has 86 valence electrons. The molecule has 2 heterocycles. The van der Waals surface area contributed by atoms with E-state index in [1.165, 1.54) is 11.3 Å². The van der Waals surface area contributed by atoms with Crippen LogP contribution in [0, 0.1) is 0 Å². The van der Waals surface area contributed by atoms with Crippen molar-refractivity contribution in [1.82, 2.24) is 4.98 Å². The molecule has 1 aliphatic rings. The average Bonchev–Trinajstić information content (AvgIpc) is 2.83. The van der Waals surface area contributed by atoms with E-state index in [2.05, 4.69) is 20.9 Å². The fourth-order valence-electron chi connectivity index (χ4n) is 1.83. The smallest absolute Gasteiger partial charge is 0.170 e. The fraction of sp³-hybridized carbons (Fsp3) is 0.167. The van der Waals surface area contributed by atoms with Gasteiger partial charge in [-0.2, -0.15) is 0 Å². The molecule has 1 aromatic heterocycles. The first kappa shape index (κ1) is 10.9. The molecule has 1 atom stereocenters. The molecule has 0 bridgehead atoms. The summed E-state index contributed by atoms with van der Waals surface area (Å²) in [6.07, 6.45) is 1.85. The number of hydrogen-bond acceptors (Lipinski definition) is 4. The lowest BCUT2D eigenvalue weighted by atomic mass is 10.0. The van der Waals surface area contributed by atoms with Gasteiger partial charge in [-0.15, -0.1) is 11.3 Å². The third-order valence-electron chi connectivity index (χ3n) is 2.61. The van der Waals surface area contributed by atoms with Crippen LogP contribution in [0.25, 0.3) is 0 Å². The zero-order valence-corrected chi connectivity index (χ0v) is 11.1. The maximum absolute atomic E-state index is 12.0. The molecule has 0 aliphatic carbocycles. The van der Waals surface area contributed by atoms with Gasteiger partial charge in [-0.05, 0) is 18.2 Å². The average molecular weight is 310 g/mol. The number of aromatic nitrogens is 1. The third kappa shape index (κ3) is 2.00. The number of thiazole rings is 1. The number of rotatable bonds is 1. The highest BCUT2D eigenvalue weighted by molar-refractivity contribution is 9.10. The van der Waals surface area contributed by atoms with Crippen molar-refractivity contribution >= 4 is 33.0 Å². The van der Waals surface area contributed by atoms with Crippen LogP contribution in [-0.2, 0) is 0 Å². The van der Waals surface area contributed by atoms with Crippen molar-refractivity contribution in [1.29, 1.82) is 0 Å². The number of fused-ring (bicyclic) bond motifs is 1. The maximum atomic E-state index is 12.0. The number of Topliss-reactive ketones (excluding diaryl/α,β-unsaturated/α-hetero) is 1. The number of ketones is 1. The molecule has 0 N–H and O–H groups in total. The zero-order valence-electron chi connectivity index (χ0n) is 8.72. The van der Waals surface area contributed by atoms with Crippen LogP contribution in [0.4, 0.5) is 0 Å². The van der Waals surface area contributed by atoms with Crippen LogP contribution < -0.4 is 4.74 Å². The summed E-state index contributed by atoms with van der Waals surface area (Å²) < 4.78 is 6.70. The van der Waals surface area contributed by atoms with Gasteiger partial charge in [0.05, 0.1) is 12.0 Å². The number of carbonyl (C=O) groups excluding carboxylic acids is 1. The van der Waals surface area contributed by atoms with Gasteiger partial charge < -0.3 is 4.74 Å². The first-order valence-electron chi connectivity index (χ1n) is 5.13. The van der Waals surface area contributed by atoms with Crippen LogP contribution in [0.1, 0.15) is 27.9 Å². The molecule has 1 aliphatic heterocycles. The monoisotopic (exact) mass is 309 g/mol. The molecule has 0 saturated heterocycles. The van der Waals surface area contributed by atoms with Crippen molar-refractivity contribution in [3.8, 4) is 5.75 Å². The quantitative estimate of drug-likeness (QED) is 0.807. The fourth-order valence-corrected chi connectivity index (χ4v) is 2.85. The number of ether oxygens (including phenoxy) is 1. The number of carbonyl (C=O) groups is 1. The first-order chi connectivity index (χ1) is 8.24. The van der Waals surface area contributed by atoms with Crippen molar-refractivity contribution in [2.24, 2.45) is 0 Å². The third-order valence-corrected chi connectivity index (χ3v) is 3.97. The van der Waals surface area contributed by atoms with Crippen molar-refractivity contribution in [2.45, 2.75) is 12.5 Å². The highest BCUT2D eigenvalue weighted by Gasteiger charge is 2.29. The molecule has 3 nitrogen and oxygen atoms in total. The van der Waals surface area contributed by atoms with E-state index in [0.717, 1.165) is 9.48 Å². The van der Waals surface area contributed by atoms with E-state index in [9.17, 15) is 4.79 Å². The van der Waals surface area contributed by atoms with Crippen molar-refractivity contribution < 1.29 is 9.53 Å². The van der Waals surface area contributed by atoms with Crippen molar-refractivity contribution in [3.05, 3.63) is 44.8 Å². The van der Waals surface area contributed by atoms with Gasteiger partial charge in [0.2, 0.25) is 0 Å².